The molecule has 0 saturated carbocycles. The molecule has 5 nitrogen and oxygen atoms in total. The van der Waals surface area contributed by atoms with E-state index >= 15 is 0 Å². The molecule has 5 heteroatoms. The number of anilines is 1. The fourth-order valence-corrected chi connectivity index (χ4v) is 2.99. The van der Waals surface area contributed by atoms with Crippen molar-refractivity contribution in [3.05, 3.63) is 52.6 Å². The minimum absolute atomic E-state index is 0.318. The van der Waals surface area contributed by atoms with Gasteiger partial charge in [0.25, 0.3) is 0 Å². The van der Waals surface area contributed by atoms with Crippen molar-refractivity contribution < 1.29 is 19.4 Å². The zero-order chi connectivity index (χ0) is 18.7. The van der Waals surface area contributed by atoms with E-state index in [-0.39, 0.29) is 0 Å². The van der Waals surface area contributed by atoms with E-state index in [1.54, 1.807) is 19.1 Å². The first-order chi connectivity index (χ1) is 12.4. The number of ether oxygens (including phenoxy) is 2. The van der Waals surface area contributed by atoms with E-state index in [1.165, 1.54) is 5.56 Å². The number of aryl methyl sites for hydroxylation is 1. The van der Waals surface area contributed by atoms with Crippen molar-refractivity contribution in [2.24, 2.45) is 5.92 Å². The van der Waals surface area contributed by atoms with Gasteiger partial charge in [-0.05, 0) is 41.7 Å². The molecule has 3 rings (SSSR count). The van der Waals surface area contributed by atoms with Crippen LogP contribution >= 0.6 is 0 Å². The number of hydrogen-bond donors (Lipinski definition) is 2. The zero-order valence-electron chi connectivity index (χ0n) is 15.5. The highest BCUT2D eigenvalue weighted by atomic mass is 16.5. The van der Waals surface area contributed by atoms with Gasteiger partial charge in [-0.2, -0.15) is 0 Å². The number of carboxylic acids is 1. The predicted molar refractivity (Wildman–Crippen MR) is 101 cm³/mol. The average molecular weight is 355 g/mol. The summed E-state index contributed by atoms with van der Waals surface area (Å²) in [5, 5.41) is 12.6. The van der Waals surface area contributed by atoms with Crippen molar-refractivity contribution in [2.75, 3.05) is 18.5 Å². The summed E-state index contributed by atoms with van der Waals surface area (Å²) in [7, 11) is 0. The van der Waals surface area contributed by atoms with Crippen LogP contribution in [0.2, 0.25) is 0 Å². The van der Waals surface area contributed by atoms with Gasteiger partial charge in [0.15, 0.2) is 0 Å². The maximum atomic E-state index is 11.1. The second-order valence-corrected chi connectivity index (χ2v) is 7.07. The van der Waals surface area contributed by atoms with Gasteiger partial charge >= 0.3 is 5.97 Å². The van der Waals surface area contributed by atoms with E-state index in [1.807, 2.05) is 12.1 Å². The first-order valence-corrected chi connectivity index (χ1v) is 8.93. The molecule has 0 aromatic heterocycles. The van der Waals surface area contributed by atoms with Crippen molar-refractivity contribution in [2.45, 2.75) is 33.8 Å². The van der Waals surface area contributed by atoms with Gasteiger partial charge in [-0.25, -0.2) is 4.79 Å². The molecule has 1 aliphatic rings. The Balaban J connectivity index is 1.78. The lowest BCUT2D eigenvalue weighted by molar-refractivity contribution is 0.0696. The minimum atomic E-state index is -0.911. The van der Waals surface area contributed by atoms with Crippen LogP contribution in [-0.2, 0) is 13.0 Å². The molecule has 0 bridgehead atoms. The molecule has 1 aliphatic heterocycles. The second-order valence-electron chi connectivity index (χ2n) is 7.07. The van der Waals surface area contributed by atoms with Crippen LogP contribution in [0.3, 0.4) is 0 Å². The number of carbonyl (C=O) groups is 1. The number of hydrogen-bond acceptors (Lipinski definition) is 4. The number of fused-ring (bicyclic) bond motifs is 1. The maximum absolute atomic E-state index is 11.1. The minimum Gasteiger partial charge on any atom is -0.493 e. The van der Waals surface area contributed by atoms with Crippen LogP contribution in [0.1, 0.15) is 40.9 Å². The first kappa shape index (κ1) is 18.1. The normalized spacial score (nSPS) is 12.6. The molecule has 0 unspecified atom stereocenters. The third-order valence-corrected chi connectivity index (χ3v) is 4.41. The van der Waals surface area contributed by atoms with Crippen LogP contribution in [0, 0.1) is 12.8 Å². The fourth-order valence-electron chi connectivity index (χ4n) is 2.99. The van der Waals surface area contributed by atoms with Gasteiger partial charge in [0, 0.05) is 19.0 Å². The van der Waals surface area contributed by atoms with Gasteiger partial charge in [0.05, 0.1) is 17.9 Å². The first-order valence-electron chi connectivity index (χ1n) is 8.93. The molecule has 0 fully saturated rings. The molecule has 0 radical (unpaired) electrons. The number of aromatic carboxylic acids is 1. The van der Waals surface area contributed by atoms with Crippen LogP contribution in [0.15, 0.2) is 30.3 Å². The highest BCUT2D eigenvalue weighted by molar-refractivity contribution is 5.89. The molecule has 0 aliphatic carbocycles. The standard InChI is InChI=1S/C21H25NO4/c1-13(2)11-22-18-9-16-6-7-25-19(16)10-20(18)26-12-15-4-5-17(21(23)24)14(3)8-15/h4-5,8-10,13,22H,6-7,11-12H2,1-3H3,(H,23,24). The van der Waals surface area contributed by atoms with E-state index in [4.69, 9.17) is 14.6 Å². The molecular formula is C21H25NO4. The molecule has 0 saturated heterocycles. The lowest BCUT2D eigenvalue weighted by atomic mass is 10.1. The van der Waals surface area contributed by atoms with Gasteiger partial charge < -0.3 is 19.9 Å². The van der Waals surface area contributed by atoms with E-state index in [2.05, 4.69) is 25.2 Å². The lowest BCUT2D eigenvalue weighted by Gasteiger charge is -2.16. The summed E-state index contributed by atoms with van der Waals surface area (Å²) in [6.45, 7) is 8.07. The summed E-state index contributed by atoms with van der Waals surface area (Å²) in [6.07, 6.45) is 0.918. The van der Waals surface area contributed by atoms with Crippen LogP contribution in [-0.4, -0.2) is 24.2 Å². The Hall–Kier alpha value is -2.69. The molecular weight excluding hydrogens is 330 g/mol. The summed E-state index contributed by atoms with van der Waals surface area (Å²) in [4.78, 5) is 11.1. The Bertz CT molecular complexity index is 814. The summed E-state index contributed by atoms with van der Waals surface area (Å²) < 4.78 is 11.7. The highest BCUT2D eigenvalue weighted by Gasteiger charge is 2.17. The van der Waals surface area contributed by atoms with E-state index < -0.39 is 5.97 Å². The highest BCUT2D eigenvalue weighted by Crippen LogP contribution is 2.36. The SMILES string of the molecule is Cc1cc(COc2cc3c(cc2NCC(C)C)CCO3)ccc1C(=O)O. The molecule has 0 spiro atoms. The monoisotopic (exact) mass is 355 g/mol. The summed E-state index contributed by atoms with van der Waals surface area (Å²) >= 11 is 0. The van der Waals surface area contributed by atoms with Crippen LogP contribution in [0.25, 0.3) is 0 Å². The quantitative estimate of drug-likeness (QED) is 0.776. The molecule has 2 aromatic carbocycles. The Morgan fingerprint density at radius 2 is 2.12 bits per heavy atom. The molecule has 1 heterocycles. The van der Waals surface area contributed by atoms with E-state index in [0.29, 0.717) is 24.7 Å². The summed E-state index contributed by atoms with van der Waals surface area (Å²) in [6, 6.07) is 9.33. The molecule has 138 valence electrons. The van der Waals surface area contributed by atoms with E-state index in [0.717, 1.165) is 41.3 Å². The molecule has 0 amide bonds. The maximum Gasteiger partial charge on any atom is 0.335 e. The third kappa shape index (κ3) is 4.10. The largest absolute Gasteiger partial charge is 0.493 e. The molecule has 0 atom stereocenters. The van der Waals surface area contributed by atoms with Crippen molar-refractivity contribution in [3.8, 4) is 11.5 Å². The number of carboxylic acid groups (broad SMARTS) is 1. The van der Waals surface area contributed by atoms with Gasteiger partial charge in [-0.15, -0.1) is 0 Å². The molecule has 2 aromatic rings. The summed E-state index contributed by atoms with van der Waals surface area (Å²) in [5.41, 5.74) is 4.16. The van der Waals surface area contributed by atoms with Crippen LogP contribution in [0.5, 0.6) is 11.5 Å². The Kier molecular flexibility index (Phi) is 5.35. The molecule has 2 N–H and O–H groups in total. The van der Waals surface area contributed by atoms with Crippen LogP contribution < -0.4 is 14.8 Å². The van der Waals surface area contributed by atoms with Gasteiger partial charge in [-0.3, -0.25) is 0 Å². The lowest BCUT2D eigenvalue weighted by Crippen LogP contribution is -2.10. The van der Waals surface area contributed by atoms with Crippen molar-refractivity contribution in [1.82, 2.24) is 0 Å². The van der Waals surface area contributed by atoms with Gasteiger partial charge in [0.1, 0.15) is 18.1 Å². The number of nitrogens with one attached hydrogen (secondary N) is 1. The third-order valence-electron chi connectivity index (χ3n) is 4.41. The second kappa shape index (κ2) is 7.68. The van der Waals surface area contributed by atoms with Gasteiger partial charge in [-0.1, -0.05) is 26.0 Å². The number of rotatable bonds is 7. The topological polar surface area (TPSA) is 67.8 Å². The molecule has 26 heavy (non-hydrogen) atoms. The van der Waals surface area contributed by atoms with E-state index in [9.17, 15) is 4.79 Å². The zero-order valence-corrected chi connectivity index (χ0v) is 15.5. The fraction of sp³-hybridized carbons (Fsp3) is 0.381. The smallest absolute Gasteiger partial charge is 0.335 e. The Morgan fingerprint density at radius 3 is 2.81 bits per heavy atom. The van der Waals surface area contributed by atoms with Crippen molar-refractivity contribution in [1.29, 1.82) is 0 Å². The predicted octanol–water partition coefficient (Wildman–Crippen LogP) is 4.28. The van der Waals surface area contributed by atoms with Crippen LogP contribution in [0.4, 0.5) is 5.69 Å². The Morgan fingerprint density at radius 1 is 1.31 bits per heavy atom. The van der Waals surface area contributed by atoms with Gasteiger partial charge in [0.2, 0.25) is 0 Å². The summed E-state index contributed by atoms with van der Waals surface area (Å²) in [5.74, 6) is 1.25. The van der Waals surface area contributed by atoms with Crippen molar-refractivity contribution in [3.63, 3.8) is 0 Å². The number of benzene rings is 2. The van der Waals surface area contributed by atoms with Crippen molar-refractivity contribution >= 4 is 11.7 Å². The Labute approximate surface area is 153 Å². The average Bonchev–Trinajstić information content (AvgIpc) is 3.04.